The molecule has 104 valence electrons. The lowest BCUT2D eigenvalue weighted by atomic mass is 10.2. The van der Waals surface area contributed by atoms with Crippen molar-refractivity contribution in [3.8, 4) is 0 Å². The molecule has 0 aliphatic rings. The number of carboxylic acids is 2. The van der Waals surface area contributed by atoms with Gasteiger partial charge in [-0.1, -0.05) is 0 Å². The van der Waals surface area contributed by atoms with Crippen LogP contribution in [-0.2, 0) is 16.1 Å². The molecule has 0 bridgehead atoms. The van der Waals surface area contributed by atoms with Crippen LogP contribution in [0.4, 0.5) is 4.79 Å². The number of aliphatic carboxylic acids is 2. The van der Waals surface area contributed by atoms with Crippen LogP contribution in [-0.4, -0.2) is 34.2 Å². The Morgan fingerprint density at radius 1 is 1.32 bits per heavy atom. The highest BCUT2D eigenvalue weighted by molar-refractivity contribution is 5.86. The molecule has 0 aliphatic carbocycles. The van der Waals surface area contributed by atoms with Gasteiger partial charge in [0.1, 0.15) is 17.6 Å². The molecule has 0 aliphatic heterocycles. The number of hydrogen-bond donors (Lipinski definition) is 4. The van der Waals surface area contributed by atoms with E-state index < -0.39 is 30.4 Å². The van der Waals surface area contributed by atoms with Gasteiger partial charge in [-0.05, 0) is 19.1 Å². The van der Waals surface area contributed by atoms with Crippen molar-refractivity contribution in [3.05, 3.63) is 23.7 Å². The highest BCUT2D eigenvalue weighted by Crippen LogP contribution is 2.05. The first-order valence-corrected chi connectivity index (χ1v) is 5.42. The van der Waals surface area contributed by atoms with Gasteiger partial charge in [-0.15, -0.1) is 0 Å². The number of carboxylic acid groups (broad SMARTS) is 2. The molecule has 0 fully saturated rings. The van der Waals surface area contributed by atoms with Crippen LogP contribution in [0.1, 0.15) is 17.9 Å². The minimum absolute atomic E-state index is 0.0824. The molecular formula is C11H14N2O6. The summed E-state index contributed by atoms with van der Waals surface area (Å²) in [6.45, 7) is 1.83. The molecule has 0 radical (unpaired) electrons. The van der Waals surface area contributed by atoms with Crippen molar-refractivity contribution >= 4 is 18.0 Å². The molecule has 1 heterocycles. The van der Waals surface area contributed by atoms with Crippen molar-refractivity contribution in [2.24, 2.45) is 0 Å². The van der Waals surface area contributed by atoms with E-state index in [-0.39, 0.29) is 6.54 Å². The van der Waals surface area contributed by atoms with E-state index >= 15 is 0 Å². The lowest BCUT2D eigenvalue weighted by Crippen LogP contribution is -2.46. The number of furan rings is 1. The van der Waals surface area contributed by atoms with E-state index in [1.165, 1.54) is 0 Å². The standard InChI is InChI=1S/C11H14N2O6/c1-6-2-3-7(19-6)5-12-11(18)13-8(10(16)17)4-9(14)15/h2-3,8H,4-5H2,1H3,(H,14,15)(H,16,17)(H2,12,13,18)/t8-/m1/s1. The predicted octanol–water partition coefficient (Wildman–Crippen LogP) is 0.315. The topological polar surface area (TPSA) is 129 Å². The third kappa shape index (κ3) is 5.11. The minimum Gasteiger partial charge on any atom is -0.481 e. The fraction of sp³-hybridized carbons (Fsp3) is 0.364. The van der Waals surface area contributed by atoms with E-state index in [1.54, 1.807) is 19.1 Å². The minimum atomic E-state index is -1.48. The van der Waals surface area contributed by atoms with Gasteiger partial charge in [-0.3, -0.25) is 4.79 Å². The molecule has 8 nitrogen and oxygen atoms in total. The molecular weight excluding hydrogens is 256 g/mol. The van der Waals surface area contributed by atoms with Crippen molar-refractivity contribution in [1.82, 2.24) is 10.6 Å². The Hall–Kier alpha value is -2.51. The average molecular weight is 270 g/mol. The van der Waals surface area contributed by atoms with Crippen LogP contribution in [0, 0.1) is 6.92 Å². The molecule has 1 rings (SSSR count). The maximum Gasteiger partial charge on any atom is 0.326 e. The zero-order valence-electron chi connectivity index (χ0n) is 10.2. The summed E-state index contributed by atoms with van der Waals surface area (Å²) in [7, 11) is 0. The van der Waals surface area contributed by atoms with Crippen LogP contribution in [0.25, 0.3) is 0 Å². The Morgan fingerprint density at radius 2 is 2.00 bits per heavy atom. The number of rotatable bonds is 6. The third-order valence-corrected chi connectivity index (χ3v) is 2.20. The van der Waals surface area contributed by atoms with Crippen LogP contribution < -0.4 is 10.6 Å². The van der Waals surface area contributed by atoms with Crippen molar-refractivity contribution in [3.63, 3.8) is 0 Å². The average Bonchev–Trinajstić information content (AvgIpc) is 2.71. The quantitative estimate of drug-likeness (QED) is 0.589. The summed E-state index contributed by atoms with van der Waals surface area (Å²) >= 11 is 0. The Labute approximate surface area is 108 Å². The fourth-order valence-electron chi connectivity index (χ4n) is 1.33. The van der Waals surface area contributed by atoms with Gasteiger partial charge >= 0.3 is 18.0 Å². The second-order valence-corrected chi connectivity index (χ2v) is 3.83. The number of amides is 2. The zero-order valence-corrected chi connectivity index (χ0v) is 10.2. The predicted molar refractivity (Wildman–Crippen MR) is 62.5 cm³/mol. The molecule has 1 aromatic rings. The van der Waals surface area contributed by atoms with Crippen LogP contribution >= 0.6 is 0 Å². The van der Waals surface area contributed by atoms with Crippen LogP contribution in [0.15, 0.2) is 16.5 Å². The summed E-state index contributed by atoms with van der Waals surface area (Å²) in [5, 5.41) is 21.7. The van der Waals surface area contributed by atoms with Crippen molar-refractivity contribution in [2.45, 2.75) is 25.9 Å². The summed E-state index contributed by atoms with van der Waals surface area (Å²) in [5.74, 6) is -1.52. The van der Waals surface area contributed by atoms with Crippen molar-refractivity contribution in [1.29, 1.82) is 0 Å². The number of carbonyl (C=O) groups is 3. The van der Waals surface area contributed by atoms with Gasteiger partial charge < -0.3 is 25.3 Å². The number of aryl methyl sites for hydroxylation is 1. The Kier molecular flexibility index (Phi) is 4.92. The highest BCUT2D eigenvalue weighted by Gasteiger charge is 2.22. The molecule has 2 amide bonds. The molecule has 4 N–H and O–H groups in total. The summed E-state index contributed by atoms with van der Waals surface area (Å²) in [6.07, 6.45) is -0.692. The highest BCUT2D eigenvalue weighted by atomic mass is 16.4. The number of hydrogen-bond acceptors (Lipinski definition) is 4. The first-order chi connectivity index (χ1) is 8.88. The van der Waals surface area contributed by atoms with E-state index in [2.05, 4.69) is 10.6 Å². The zero-order chi connectivity index (χ0) is 14.4. The van der Waals surface area contributed by atoms with E-state index in [0.29, 0.717) is 11.5 Å². The lowest BCUT2D eigenvalue weighted by Gasteiger charge is -2.12. The van der Waals surface area contributed by atoms with Gasteiger partial charge in [-0.25, -0.2) is 9.59 Å². The largest absolute Gasteiger partial charge is 0.481 e. The molecule has 0 aromatic carbocycles. The normalized spacial score (nSPS) is 11.6. The van der Waals surface area contributed by atoms with E-state index in [9.17, 15) is 14.4 Å². The van der Waals surface area contributed by atoms with Crippen molar-refractivity contribution < 1.29 is 29.0 Å². The second kappa shape index (κ2) is 6.43. The molecule has 0 unspecified atom stereocenters. The lowest BCUT2D eigenvalue weighted by molar-refractivity contribution is -0.145. The molecule has 0 saturated carbocycles. The van der Waals surface area contributed by atoms with E-state index in [0.717, 1.165) is 0 Å². The molecule has 1 aromatic heterocycles. The van der Waals surface area contributed by atoms with Crippen LogP contribution in [0.3, 0.4) is 0 Å². The summed E-state index contributed by atoms with van der Waals surface area (Å²) in [6, 6.07) is 1.14. The molecule has 0 saturated heterocycles. The number of nitrogens with one attached hydrogen (secondary N) is 2. The van der Waals surface area contributed by atoms with Gasteiger partial charge in [0, 0.05) is 0 Å². The molecule has 1 atom stereocenters. The van der Waals surface area contributed by atoms with Gasteiger partial charge in [0.2, 0.25) is 0 Å². The summed E-state index contributed by atoms with van der Waals surface area (Å²) in [5.41, 5.74) is 0. The fourth-order valence-corrected chi connectivity index (χ4v) is 1.33. The van der Waals surface area contributed by atoms with Gasteiger partial charge in [0.25, 0.3) is 0 Å². The first kappa shape index (κ1) is 14.6. The monoisotopic (exact) mass is 270 g/mol. The second-order valence-electron chi connectivity index (χ2n) is 3.83. The maximum absolute atomic E-state index is 11.4. The maximum atomic E-state index is 11.4. The smallest absolute Gasteiger partial charge is 0.326 e. The Morgan fingerprint density at radius 3 is 2.47 bits per heavy atom. The third-order valence-electron chi connectivity index (χ3n) is 2.20. The van der Waals surface area contributed by atoms with Crippen LogP contribution in [0.5, 0.6) is 0 Å². The van der Waals surface area contributed by atoms with E-state index in [4.69, 9.17) is 14.6 Å². The SMILES string of the molecule is Cc1ccc(CNC(=O)N[C@H](CC(=O)O)C(=O)O)o1. The first-order valence-electron chi connectivity index (χ1n) is 5.42. The molecule has 19 heavy (non-hydrogen) atoms. The van der Waals surface area contributed by atoms with Gasteiger partial charge in [0.05, 0.1) is 13.0 Å². The molecule has 8 heteroatoms. The van der Waals surface area contributed by atoms with Gasteiger partial charge in [0.15, 0.2) is 0 Å². The summed E-state index contributed by atoms with van der Waals surface area (Å²) in [4.78, 5) is 32.6. The Balaban J connectivity index is 2.44. The van der Waals surface area contributed by atoms with E-state index in [1.807, 2.05) is 0 Å². The van der Waals surface area contributed by atoms with Crippen LogP contribution in [0.2, 0.25) is 0 Å². The summed E-state index contributed by atoms with van der Waals surface area (Å²) < 4.78 is 5.20. The van der Waals surface area contributed by atoms with Gasteiger partial charge in [-0.2, -0.15) is 0 Å². The number of urea groups is 1. The van der Waals surface area contributed by atoms with Crippen molar-refractivity contribution in [2.75, 3.05) is 0 Å². The molecule has 0 spiro atoms. The number of carbonyl (C=O) groups excluding carboxylic acids is 1. The Bertz CT molecular complexity index is 481.